The molecule has 1 amide bonds. The van der Waals surface area contributed by atoms with Crippen LogP contribution in [-0.2, 0) is 16.0 Å². The summed E-state index contributed by atoms with van der Waals surface area (Å²) in [6.07, 6.45) is -3.87. The van der Waals surface area contributed by atoms with E-state index in [4.69, 9.17) is 10.8 Å². The average molecular weight is 271 g/mol. The Bertz CT molecular complexity index is 491. The van der Waals surface area contributed by atoms with E-state index in [0.717, 1.165) is 12.1 Å². The van der Waals surface area contributed by atoms with Crippen LogP contribution in [0.25, 0.3) is 0 Å². The lowest BCUT2D eigenvalue weighted by atomic mass is 9.98. The van der Waals surface area contributed by atoms with Crippen LogP contribution in [0.5, 0.6) is 0 Å². The first kappa shape index (κ1) is 15.1. The number of rotatable bonds is 6. The van der Waals surface area contributed by atoms with Crippen LogP contribution in [0.2, 0.25) is 0 Å². The second-order valence-electron chi connectivity index (χ2n) is 4.10. The van der Waals surface area contributed by atoms with Gasteiger partial charge in [-0.25, -0.2) is 4.39 Å². The van der Waals surface area contributed by atoms with E-state index in [2.05, 4.69) is 0 Å². The Balaban J connectivity index is 2.94. The van der Waals surface area contributed by atoms with Crippen LogP contribution in [-0.4, -0.2) is 33.3 Å². The smallest absolute Gasteiger partial charge is 0.307 e. The number of carbonyl (C=O) groups excluding carboxylic acids is 1. The van der Waals surface area contributed by atoms with Gasteiger partial charge >= 0.3 is 5.97 Å². The van der Waals surface area contributed by atoms with Crippen molar-refractivity contribution in [3.63, 3.8) is 0 Å². The minimum atomic E-state index is -1.44. The van der Waals surface area contributed by atoms with Crippen molar-refractivity contribution in [1.82, 2.24) is 0 Å². The Morgan fingerprint density at radius 1 is 1.32 bits per heavy atom. The Hall–Kier alpha value is -1.99. The van der Waals surface area contributed by atoms with Gasteiger partial charge in [-0.15, -0.1) is 0 Å². The number of carbonyl (C=O) groups is 2. The molecule has 2 atom stereocenters. The van der Waals surface area contributed by atoms with Gasteiger partial charge in [-0.1, -0.05) is 6.07 Å². The normalized spacial score (nSPS) is 13.8. The number of hydrogen-bond acceptors (Lipinski definition) is 4. The maximum absolute atomic E-state index is 13.3. The molecule has 7 heteroatoms. The van der Waals surface area contributed by atoms with Crippen LogP contribution in [0.15, 0.2) is 18.2 Å². The van der Waals surface area contributed by atoms with E-state index < -0.39 is 42.7 Å². The lowest BCUT2D eigenvalue weighted by molar-refractivity contribution is -0.136. The van der Waals surface area contributed by atoms with E-state index in [1.165, 1.54) is 6.07 Å². The molecule has 0 bridgehead atoms. The van der Waals surface area contributed by atoms with Crippen molar-refractivity contribution in [3.05, 3.63) is 35.1 Å². The zero-order valence-corrected chi connectivity index (χ0v) is 9.91. The first-order valence-electron chi connectivity index (χ1n) is 5.45. The fourth-order valence-electron chi connectivity index (χ4n) is 1.62. The molecule has 1 aromatic carbocycles. The van der Waals surface area contributed by atoms with Gasteiger partial charge in [0, 0.05) is 0 Å². The van der Waals surface area contributed by atoms with Gasteiger partial charge in [-0.3, -0.25) is 9.59 Å². The highest BCUT2D eigenvalue weighted by molar-refractivity contribution is 5.74. The number of hydrogen-bond donors (Lipinski definition) is 4. The quantitative estimate of drug-likeness (QED) is 0.567. The zero-order valence-electron chi connectivity index (χ0n) is 9.91. The molecule has 2 unspecified atom stereocenters. The zero-order chi connectivity index (χ0) is 14.6. The highest BCUT2D eigenvalue weighted by atomic mass is 19.1. The summed E-state index contributed by atoms with van der Waals surface area (Å²) in [4.78, 5) is 21.2. The first-order valence-corrected chi connectivity index (χ1v) is 5.45. The van der Waals surface area contributed by atoms with Crippen LogP contribution in [0.3, 0.4) is 0 Å². The van der Waals surface area contributed by atoms with Gasteiger partial charge in [-0.05, 0) is 23.3 Å². The van der Waals surface area contributed by atoms with Gasteiger partial charge in [0.05, 0.1) is 18.9 Å². The Labute approximate surface area is 108 Å². The summed E-state index contributed by atoms with van der Waals surface area (Å²) < 4.78 is 13.3. The minimum absolute atomic E-state index is 0.115. The molecule has 19 heavy (non-hydrogen) atoms. The van der Waals surface area contributed by atoms with Gasteiger partial charge in [0.1, 0.15) is 11.9 Å². The predicted octanol–water partition coefficient (Wildman–Crippen LogP) is -0.278. The molecule has 0 aliphatic heterocycles. The second kappa shape index (κ2) is 6.26. The Morgan fingerprint density at radius 3 is 2.47 bits per heavy atom. The van der Waals surface area contributed by atoms with Gasteiger partial charge in [0.15, 0.2) is 0 Å². The van der Waals surface area contributed by atoms with E-state index in [-0.39, 0.29) is 11.1 Å². The standard InChI is InChI=1S/C12H14FNO5/c13-8-2-1-6(3-7(8)4-11(17)18)12(19)9(15)5-10(14)16/h1-3,9,12,15,19H,4-5H2,(H2,14,16)(H,17,18). The maximum atomic E-state index is 13.3. The Morgan fingerprint density at radius 2 is 1.95 bits per heavy atom. The summed E-state index contributed by atoms with van der Waals surface area (Å²) in [6, 6.07) is 3.34. The fraction of sp³-hybridized carbons (Fsp3) is 0.333. The highest BCUT2D eigenvalue weighted by Gasteiger charge is 2.21. The van der Waals surface area contributed by atoms with Crippen LogP contribution in [0, 0.1) is 5.82 Å². The number of aliphatic hydroxyl groups is 2. The number of primary amides is 1. The van der Waals surface area contributed by atoms with Crippen molar-refractivity contribution in [1.29, 1.82) is 0 Å². The minimum Gasteiger partial charge on any atom is -0.481 e. The molecule has 5 N–H and O–H groups in total. The van der Waals surface area contributed by atoms with Gasteiger partial charge in [-0.2, -0.15) is 0 Å². The average Bonchev–Trinajstić information content (AvgIpc) is 2.29. The van der Waals surface area contributed by atoms with E-state index in [0.29, 0.717) is 0 Å². The van der Waals surface area contributed by atoms with Gasteiger partial charge in [0.25, 0.3) is 0 Å². The second-order valence-corrected chi connectivity index (χ2v) is 4.10. The van der Waals surface area contributed by atoms with Crippen LogP contribution in [0.4, 0.5) is 4.39 Å². The Kier molecular flexibility index (Phi) is 4.96. The molecule has 0 saturated carbocycles. The number of carboxylic acids is 1. The van der Waals surface area contributed by atoms with Crippen molar-refractivity contribution in [2.45, 2.75) is 25.0 Å². The molecule has 0 radical (unpaired) electrons. The van der Waals surface area contributed by atoms with Crippen molar-refractivity contribution >= 4 is 11.9 Å². The molecule has 1 aromatic rings. The van der Waals surface area contributed by atoms with Crippen molar-refractivity contribution < 1.29 is 29.3 Å². The SMILES string of the molecule is NC(=O)CC(O)C(O)c1ccc(F)c(CC(=O)O)c1. The summed E-state index contributed by atoms with van der Waals surface area (Å²) in [5.41, 5.74) is 4.88. The number of nitrogens with two attached hydrogens (primary N) is 1. The molecular weight excluding hydrogens is 257 g/mol. The molecule has 0 aromatic heterocycles. The van der Waals surface area contributed by atoms with Crippen LogP contribution in [0.1, 0.15) is 23.7 Å². The van der Waals surface area contributed by atoms with E-state index in [1.807, 2.05) is 0 Å². The van der Waals surface area contributed by atoms with E-state index in [1.54, 1.807) is 0 Å². The van der Waals surface area contributed by atoms with Crippen LogP contribution < -0.4 is 5.73 Å². The third-order valence-electron chi connectivity index (χ3n) is 2.53. The summed E-state index contributed by atoms with van der Waals surface area (Å²) in [5.74, 6) is -2.73. The van der Waals surface area contributed by atoms with Crippen molar-refractivity contribution in [3.8, 4) is 0 Å². The summed E-state index contributed by atoms with van der Waals surface area (Å²) in [6.45, 7) is 0. The molecule has 6 nitrogen and oxygen atoms in total. The first-order chi connectivity index (χ1) is 8.81. The van der Waals surface area contributed by atoms with E-state index in [9.17, 15) is 24.2 Å². The molecule has 0 aliphatic carbocycles. The van der Waals surface area contributed by atoms with Gasteiger partial charge < -0.3 is 21.1 Å². The summed E-state index contributed by atoms with van der Waals surface area (Å²) in [7, 11) is 0. The number of aliphatic carboxylic acids is 1. The molecule has 0 spiro atoms. The summed E-state index contributed by atoms with van der Waals surface area (Å²) >= 11 is 0. The number of amides is 1. The number of aliphatic hydroxyl groups excluding tert-OH is 2. The molecular formula is C12H14FNO5. The van der Waals surface area contributed by atoms with Crippen molar-refractivity contribution in [2.75, 3.05) is 0 Å². The van der Waals surface area contributed by atoms with Crippen molar-refractivity contribution in [2.24, 2.45) is 5.73 Å². The molecule has 0 heterocycles. The molecule has 104 valence electrons. The fourth-order valence-corrected chi connectivity index (χ4v) is 1.62. The predicted molar refractivity (Wildman–Crippen MR) is 62.5 cm³/mol. The number of carboxylic acid groups (broad SMARTS) is 1. The maximum Gasteiger partial charge on any atom is 0.307 e. The third-order valence-corrected chi connectivity index (χ3v) is 2.53. The monoisotopic (exact) mass is 271 g/mol. The van der Waals surface area contributed by atoms with E-state index >= 15 is 0 Å². The third kappa shape index (κ3) is 4.31. The highest BCUT2D eigenvalue weighted by Crippen LogP contribution is 2.22. The number of halogens is 1. The topological polar surface area (TPSA) is 121 Å². The van der Waals surface area contributed by atoms with Gasteiger partial charge in [0.2, 0.25) is 5.91 Å². The summed E-state index contributed by atoms with van der Waals surface area (Å²) in [5, 5.41) is 27.9. The lowest BCUT2D eigenvalue weighted by Gasteiger charge is -2.17. The number of benzene rings is 1. The molecule has 1 rings (SSSR count). The largest absolute Gasteiger partial charge is 0.481 e. The lowest BCUT2D eigenvalue weighted by Crippen LogP contribution is -2.25. The molecule has 0 fully saturated rings. The molecule has 0 aliphatic rings. The molecule has 0 saturated heterocycles. The van der Waals surface area contributed by atoms with Crippen LogP contribution >= 0.6 is 0 Å².